The van der Waals surface area contributed by atoms with Crippen molar-refractivity contribution < 1.29 is 19.0 Å². The molecule has 2 unspecified atom stereocenters. The van der Waals surface area contributed by atoms with E-state index >= 15 is 0 Å². The Labute approximate surface area is 244 Å². The first-order valence-corrected chi connectivity index (χ1v) is 14.4. The van der Waals surface area contributed by atoms with Crippen molar-refractivity contribution in [3.8, 4) is 17.6 Å². The van der Waals surface area contributed by atoms with E-state index < -0.39 is 0 Å². The lowest BCUT2D eigenvalue weighted by molar-refractivity contribution is -0.122. The van der Waals surface area contributed by atoms with Crippen molar-refractivity contribution in [2.24, 2.45) is 0 Å². The Balaban J connectivity index is 1.70. The predicted octanol–water partition coefficient (Wildman–Crippen LogP) is 4.12. The third-order valence-electron chi connectivity index (χ3n) is 7.10. The number of morpholine rings is 1. The van der Waals surface area contributed by atoms with Crippen LogP contribution >= 0.6 is 24.0 Å². The summed E-state index contributed by atoms with van der Waals surface area (Å²) in [6.45, 7) is 9.60. The molecule has 1 aromatic carbocycles. The van der Waals surface area contributed by atoms with Gasteiger partial charge < -0.3 is 19.1 Å². The molecule has 0 saturated carbocycles. The molecule has 4 rings (SSSR count). The van der Waals surface area contributed by atoms with Gasteiger partial charge in [0, 0.05) is 31.7 Å². The Bertz CT molecular complexity index is 1450. The molecule has 11 heteroatoms. The molecule has 1 aromatic heterocycles. The lowest BCUT2D eigenvalue weighted by Gasteiger charge is -2.39. The maximum Gasteiger partial charge on any atom is 0.270 e. The zero-order valence-electron chi connectivity index (χ0n) is 23.6. The number of methoxy groups -OCH3 is 2. The summed E-state index contributed by atoms with van der Waals surface area (Å²) >= 11 is 6.83. The highest BCUT2D eigenvalue weighted by Gasteiger charge is 2.34. The van der Waals surface area contributed by atoms with Gasteiger partial charge in [-0.1, -0.05) is 30.0 Å². The number of thioether (sulfide) groups is 1. The zero-order chi connectivity index (χ0) is 29.1. The number of carbonyl (C=O) groups excluding carboxylic acids is 1. The number of anilines is 1. The van der Waals surface area contributed by atoms with Gasteiger partial charge in [0.2, 0.25) is 0 Å². The van der Waals surface area contributed by atoms with Crippen molar-refractivity contribution in [2.75, 3.05) is 38.8 Å². The highest BCUT2D eigenvalue weighted by molar-refractivity contribution is 8.26. The summed E-state index contributed by atoms with van der Waals surface area (Å²) in [4.78, 5) is 31.0. The molecule has 9 nitrogen and oxygen atoms in total. The van der Waals surface area contributed by atoms with Crippen molar-refractivity contribution in [2.45, 2.75) is 52.9 Å². The summed E-state index contributed by atoms with van der Waals surface area (Å²) in [5.41, 5.74) is 1.96. The Hall–Kier alpha value is -3.33. The molecule has 2 aliphatic heterocycles. The van der Waals surface area contributed by atoms with Crippen LogP contribution in [-0.2, 0) is 22.5 Å². The molecular formula is C29H34N4O5S2. The van der Waals surface area contributed by atoms with Crippen LogP contribution in [0, 0.1) is 18.3 Å². The fourth-order valence-electron chi connectivity index (χ4n) is 5.23. The largest absolute Gasteiger partial charge is 0.493 e. The minimum Gasteiger partial charge on any atom is -0.493 e. The molecule has 0 bridgehead atoms. The van der Waals surface area contributed by atoms with Crippen LogP contribution < -0.4 is 19.9 Å². The van der Waals surface area contributed by atoms with Gasteiger partial charge in [-0.15, -0.1) is 0 Å². The molecule has 2 aromatic rings. The van der Waals surface area contributed by atoms with Crippen LogP contribution in [0.1, 0.15) is 43.0 Å². The van der Waals surface area contributed by atoms with E-state index in [4.69, 9.17) is 26.4 Å². The van der Waals surface area contributed by atoms with Crippen LogP contribution in [-0.4, -0.2) is 65.8 Å². The Morgan fingerprint density at radius 3 is 2.45 bits per heavy atom. The van der Waals surface area contributed by atoms with E-state index in [0.29, 0.717) is 70.3 Å². The van der Waals surface area contributed by atoms with Crippen LogP contribution in [0.5, 0.6) is 11.5 Å². The van der Waals surface area contributed by atoms with E-state index in [0.717, 1.165) is 5.56 Å². The quantitative estimate of drug-likeness (QED) is 0.336. The van der Waals surface area contributed by atoms with Crippen molar-refractivity contribution >= 4 is 46.1 Å². The minimum atomic E-state index is -0.330. The summed E-state index contributed by atoms with van der Waals surface area (Å²) < 4.78 is 18.7. The second-order valence-electron chi connectivity index (χ2n) is 9.83. The molecule has 0 aliphatic carbocycles. The van der Waals surface area contributed by atoms with Crippen LogP contribution in [0.4, 0.5) is 5.82 Å². The molecule has 3 heterocycles. The zero-order valence-corrected chi connectivity index (χ0v) is 25.3. The summed E-state index contributed by atoms with van der Waals surface area (Å²) in [7, 11) is 3.17. The maximum absolute atomic E-state index is 13.6. The smallest absolute Gasteiger partial charge is 0.270 e. The fraction of sp³-hybridized carbons (Fsp3) is 0.448. The van der Waals surface area contributed by atoms with Crippen LogP contribution in [0.15, 0.2) is 27.9 Å². The Morgan fingerprint density at radius 2 is 1.85 bits per heavy atom. The molecule has 1 amide bonds. The Kier molecular flexibility index (Phi) is 9.23. The lowest BCUT2D eigenvalue weighted by atomic mass is 10.0. The van der Waals surface area contributed by atoms with Gasteiger partial charge in [-0.05, 0) is 63.5 Å². The molecule has 2 atom stereocenters. The first-order chi connectivity index (χ1) is 19.1. The number of rotatable bonds is 8. The fourth-order valence-corrected chi connectivity index (χ4v) is 6.52. The van der Waals surface area contributed by atoms with Crippen molar-refractivity contribution in [1.29, 1.82) is 5.26 Å². The number of thiocarbonyl (C=S) groups is 1. The topological polar surface area (TPSA) is 97.0 Å². The monoisotopic (exact) mass is 582 g/mol. The van der Waals surface area contributed by atoms with Gasteiger partial charge in [-0.3, -0.25) is 19.1 Å². The molecule has 40 heavy (non-hydrogen) atoms. The highest BCUT2D eigenvalue weighted by Crippen LogP contribution is 2.37. The number of hydrogen-bond acceptors (Lipinski definition) is 9. The Morgan fingerprint density at radius 1 is 1.18 bits per heavy atom. The number of pyridine rings is 1. The summed E-state index contributed by atoms with van der Waals surface area (Å²) in [5, 5.41) is 9.84. The lowest BCUT2D eigenvalue weighted by Crippen LogP contribution is -2.48. The van der Waals surface area contributed by atoms with Gasteiger partial charge in [0.15, 0.2) is 11.5 Å². The molecule has 0 radical (unpaired) electrons. The average molecular weight is 583 g/mol. The number of hydrogen-bond donors (Lipinski definition) is 0. The number of nitriles is 1. The van der Waals surface area contributed by atoms with E-state index in [1.807, 2.05) is 39.0 Å². The standard InChI is InChI=1S/C29H34N4O5S2/c1-7-32-26(31-15-17(2)38-18(3)16-31)21(19(4)22(14-30)27(32)34)13-25-28(35)33(29(39)40-25)11-10-20-8-9-23(36-5)24(12-20)37-6/h8-9,12-13,17-18H,7,10-11,15-16H2,1-6H3. The maximum atomic E-state index is 13.6. The molecule has 0 spiro atoms. The average Bonchev–Trinajstić information content (AvgIpc) is 3.19. The molecule has 2 fully saturated rings. The number of ether oxygens (including phenoxy) is 3. The first kappa shape index (κ1) is 29.6. The van der Waals surface area contributed by atoms with Crippen LogP contribution in [0.2, 0.25) is 0 Å². The highest BCUT2D eigenvalue weighted by atomic mass is 32.2. The van der Waals surface area contributed by atoms with Gasteiger partial charge in [0.25, 0.3) is 11.5 Å². The van der Waals surface area contributed by atoms with E-state index in [2.05, 4.69) is 11.0 Å². The van der Waals surface area contributed by atoms with Gasteiger partial charge in [-0.2, -0.15) is 5.26 Å². The van der Waals surface area contributed by atoms with Crippen LogP contribution in [0.3, 0.4) is 0 Å². The minimum absolute atomic E-state index is 0.0391. The third-order valence-corrected chi connectivity index (χ3v) is 8.48. The summed E-state index contributed by atoms with van der Waals surface area (Å²) in [5.74, 6) is 1.76. The van der Waals surface area contributed by atoms with Gasteiger partial charge in [0.05, 0.1) is 31.3 Å². The van der Waals surface area contributed by atoms with Crippen LogP contribution in [0.25, 0.3) is 6.08 Å². The number of aromatic nitrogens is 1. The number of amides is 1. The summed E-state index contributed by atoms with van der Waals surface area (Å²) in [6, 6.07) is 7.75. The van der Waals surface area contributed by atoms with Gasteiger partial charge in [-0.25, -0.2) is 0 Å². The molecular weight excluding hydrogens is 548 g/mol. The van der Waals surface area contributed by atoms with Gasteiger partial charge >= 0.3 is 0 Å². The molecule has 212 valence electrons. The van der Waals surface area contributed by atoms with Crippen molar-refractivity contribution in [1.82, 2.24) is 9.47 Å². The van der Waals surface area contributed by atoms with E-state index in [1.54, 1.807) is 36.7 Å². The SMILES string of the molecule is CCn1c(N2CC(C)OC(C)C2)c(C=C2SC(=S)N(CCc3ccc(OC)c(OC)c3)C2=O)c(C)c(C#N)c1=O. The van der Waals surface area contributed by atoms with Crippen molar-refractivity contribution in [3.63, 3.8) is 0 Å². The van der Waals surface area contributed by atoms with Gasteiger partial charge in [0.1, 0.15) is 21.8 Å². The second-order valence-corrected chi connectivity index (χ2v) is 11.5. The van der Waals surface area contributed by atoms with E-state index in [-0.39, 0.29) is 29.2 Å². The van der Waals surface area contributed by atoms with E-state index in [1.165, 1.54) is 11.8 Å². The first-order valence-electron chi connectivity index (χ1n) is 13.2. The summed E-state index contributed by atoms with van der Waals surface area (Å²) in [6.07, 6.45) is 2.29. The molecule has 2 saturated heterocycles. The third kappa shape index (κ3) is 5.75. The molecule has 2 aliphatic rings. The van der Waals surface area contributed by atoms with E-state index in [9.17, 15) is 14.9 Å². The van der Waals surface area contributed by atoms with Crippen molar-refractivity contribution in [3.05, 3.63) is 55.7 Å². The second kappa shape index (κ2) is 12.5. The predicted molar refractivity (Wildman–Crippen MR) is 161 cm³/mol. The number of benzene rings is 1. The number of carbonyl (C=O) groups is 1. The number of nitrogens with zero attached hydrogens (tertiary/aromatic N) is 4. The normalized spacial score (nSPS) is 20.3. The molecule has 0 N–H and O–H groups in total.